The first-order chi connectivity index (χ1) is 18.5. The number of hydrogen-bond donors (Lipinski definition) is 3. The quantitative estimate of drug-likeness (QED) is 0.422. The normalized spacial score (nSPS) is 16.7. The zero-order chi connectivity index (χ0) is 26.9. The van der Waals surface area contributed by atoms with Crippen LogP contribution in [0.3, 0.4) is 0 Å². The molecule has 8 heteroatoms. The summed E-state index contributed by atoms with van der Waals surface area (Å²) in [6, 6.07) is 8.20. The number of nitrogens with one attached hydrogen (secondary N) is 2. The maximum atomic E-state index is 12.9. The molecule has 2 heterocycles. The van der Waals surface area contributed by atoms with Gasteiger partial charge in [0.25, 0.3) is 5.91 Å². The minimum Gasteiger partial charge on any atom is -0.405 e. The summed E-state index contributed by atoms with van der Waals surface area (Å²) in [4.78, 5) is 34.4. The van der Waals surface area contributed by atoms with E-state index < -0.39 is 0 Å². The molecular weight excluding hydrogens is 476 g/mol. The summed E-state index contributed by atoms with van der Waals surface area (Å²) in [5.74, 6) is 0.165. The highest BCUT2D eigenvalue weighted by Crippen LogP contribution is 2.36. The second kappa shape index (κ2) is 12.7. The molecule has 1 aromatic carbocycles. The number of nitriles is 1. The smallest absolute Gasteiger partial charge is 0.291 e. The van der Waals surface area contributed by atoms with Crippen molar-refractivity contribution < 1.29 is 9.59 Å². The van der Waals surface area contributed by atoms with Crippen molar-refractivity contribution in [2.24, 2.45) is 5.73 Å². The zero-order valence-corrected chi connectivity index (χ0v) is 21.6. The van der Waals surface area contributed by atoms with Crippen LogP contribution < -0.4 is 11.1 Å². The van der Waals surface area contributed by atoms with Crippen LogP contribution in [0, 0.1) is 11.3 Å². The number of H-pyrrole nitrogens is 1. The van der Waals surface area contributed by atoms with Crippen molar-refractivity contribution in [2.45, 2.75) is 50.9 Å². The van der Waals surface area contributed by atoms with E-state index in [2.05, 4.69) is 40.1 Å². The largest absolute Gasteiger partial charge is 0.405 e. The van der Waals surface area contributed by atoms with Gasteiger partial charge in [-0.25, -0.2) is 4.98 Å². The average molecular weight is 511 g/mol. The van der Waals surface area contributed by atoms with Crippen LogP contribution in [0.15, 0.2) is 67.1 Å². The number of piperidine rings is 1. The van der Waals surface area contributed by atoms with Crippen molar-refractivity contribution in [1.82, 2.24) is 14.9 Å². The maximum Gasteiger partial charge on any atom is 0.291 e. The fourth-order valence-electron chi connectivity index (χ4n) is 5.15. The molecule has 8 nitrogen and oxygen atoms in total. The lowest BCUT2D eigenvalue weighted by Gasteiger charge is -2.33. The Hall–Kier alpha value is -4.38. The standard InChI is InChI=1S/C30H34N6O2/c1-2-6-21(11-14-31)17-28(37)36-15-12-22(13-16-36)24-9-10-27(26(18-24)23-7-4-3-5-8-23)35-30(38)29-33-20-25(19-32)34-29/h2,6-7,9-11,14,18,20,22H,1,3-5,8,12-13,15-17,31H2,(H,33,34)(H,35,38)/b14-11-,21-6+. The van der Waals surface area contributed by atoms with E-state index in [1.54, 1.807) is 12.2 Å². The van der Waals surface area contributed by atoms with E-state index in [0.29, 0.717) is 25.4 Å². The van der Waals surface area contributed by atoms with Gasteiger partial charge < -0.3 is 20.9 Å². The fraction of sp³-hybridized carbons (Fsp3) is 0.333. The molecule has 196 valence electrons. The minimum atomic E-state index is -0.377. The van der Waals surface area contributed by atoms with Gasteiger partial charge in [0.1, 0.15) is 11.8 Å². The zero-order valence-electron chi connectivity index (χ0n) is 21.6. The molecule has 2 amide bonds. The summed E-state index contributed by atoms with van der Waals surface area (Å²) < 4.78 is 0. The predicted molar refractivity (Wildman–Crippen MR) is 149 cm³/mol. The molecule has 2 aliphatic rings. The molecule has 0 atom stereocenters. The van der Waals surface area contributed by atoms with E-state index in [1.807, 2.05) is 23.1 Å². The van der Waals surface area contributed by atoms with Gasteiger partial charge >= 0.3 is 0 Å². The number of nitrogens with two attached hydrogens (primary N) is 1. The number of amides is 2. The van der Waals surface area contributed by atoms with Crippen molar-refractivity contribution in [3.8, 4) is 6.07 Å². The number of hydrogen-bond acceptors (Lipinski definition) is 5. The Morgan fingerprint density at radius 1 is 1.29 bits per heavy atom. The number of anilines is 1. The second-order valence-corrected chi connectivity index (χ2v) is 9.66. The lowest BCUT2D eigenvalue weighted by Crippen LogP contribution is -2.38. The van der Waals surface area contributed by atoms with Crippen molar-refractivity contribution in [1.29, 1.82) is 5.26 Å². The number of nitrogens with zero attached hydrogens (tertiary/aromatic N) is 3. The molecule has 0 saturated carbocycles. The number of aromatic nitrogens is 2. The molecule has 1 aliphatic carbocycles. The van der Waals surface area contributed by atoms with Crippen LogP contribution in [0.2, 0.25) is 0 Å². The number of benzene rings is 1. The lowest BCUT2D eigenvalue weighted by atomic mass is 9.85. The Morgan fingerprint density at radius 3 is 2.76 bits per heavy atom. The average Bonchev–Trinajstić information content (AvgIpc) is 3.44. The van der Waals surface area contributed by atoms with E-state index in [1.165, 1.54) is 30.0 Å². The van der Waals surface area contributed by atoms with Gasteiger partial charge in [-0.2, -0.15) is 5.26 Å². The number of allylic oxidation sites excluding steroid dienone is 5. The topological polar surface area (TPSA) is 128 Å². The summed E-state index contributed by atoms with van der Waals surface area (Å²) in [7, 11) is 0. The number of carbonyl (C=O) groups excluding carboxylic acids is 2. The lowest BCUT2D eigenvalue weighted by molar-refractivity contribution is -0.131. The number of imidazole rings is 1. The molecular formula is C30H34N6O2. The van der Waals surface area contributed by atoms with Crippen LogP contribution in [0.4, 0.5) is 5.69 Å². The van der Waals surface area contributed by atoms with Gasteiger partial charge in [0.15, 0.2) is 5.82 Å². The predicted octanol–water partition coefficient (Wildman–Crippen LogP) is 5.17. The summed E-state index contributed by atoms with van der Waals surface area (Å²) in [6.07, 6.45) is 16.6. The van der Waals surface area contributed by atoms with Crippen LogP contribution in [-0.4, -0.2) is 39.8 Å². The number of aromatic amines is 1. The number of likely N-dealkylation sites (tertiary alicyclic amines) is 1. The highest BCUT2D eigenvalue weighted by Gasteiger charge is 2.25. The third kappa shape index (κ3) is 6.48. The monoisotopic (exact) mass is 510 g/mol. The summed E-state index contributed by atoms with van der Waals surface area (Å²) in [6.45, 7) is 5.11. The molecule has 1 fully saturated rings. The second-order valence-electron chi connectivity index (χ2n) is 9.66. The molecule has 0 unspecified atom stereocenters. The van der Waals surface area contributed by atoms with Crippen molar-refractivity contribution >= 4 is 23.1 Å². The van der Waals surface area contributed by atoms with Crippen LogP contribution >= 0.6 is 0 Å². The molecule has 38 heavy (non-hydrogen) atoms. The van der Waals surface area contributed by atoms with Crippen molar-refractivity contribution in [3.63, 3.8) is 0 Å². The van der Waals surface area contributed by atoms with Gasteiger partial charge in [0, 0.05) is 24.3 Å². The molecule has 4 N–H and O–H groups in total. The maximum absolute atomic E-state index is 12.9. The molecule has 1 saturated heterocycles. The Balaban J connectivity index is 1.48. The SMILES string of the molecule is C=C/C=C(\C=C/N)CC(=O)N1CCC(c2ccc(NC(=O)c3ncc(C#N)[nH]3)c(C3=CCCCC3)c2)CC1. The summed E-state index contributed by atoms with van der Waals surface area (Å²) in [5.41, 5.74) is 10.8. The molecule has 4 rings (SSSR count). The van der Waals surface area contributed by atoms with Crippen LogP contribution in [-0.2, 0) is 4.79 Å². The Labute approximate surface area is 223 Å². The third-order valence-electron chi connectivity index (χ3n) is 7.16. The molecule has 0 bridgehead atoms. The van der Waals surface area contributed by atoms with E-state index >= 15 is 0 Å². The van der Waals surface area contributed by atoms with Gasteiger partial charge in [-0.05, 0) is 85.6 Å². The van der Waals surface area contributed by atoms with Gasteiger partial charge in [-0.3, -0.25) is 9.59 Å². The van der Waals surface area contributed by atoms with Crippen molar-refractivity contribution in [3.05, 3.63) is 89.7 Å². The van der Waals surface area contributed by atoms with E-state index in [9.17, 15) is 9.59 Å². The van der Waals surface area contributed by atoms with Crippen molar-refractivity contribution in [2.75, 3.05) is 18.4 Å². The Bertz CT molecular complexity index is 1320. The van der Waals surface area contributed by atoms with E-state index in [4.69, 9.17) is 11.0 Å². The van der Waals surface area contributed by atoms with Crippen LogP contribution in [0.25, 0.3) is 5.57 Å². The van der Waals surface area contributed by atoms with Gasteiger partial charge in [0.2, 0.25) is 5.91 Å². The third-order valence-corrected chi connectivity index (χ3v) is 7.16. The Kier molecular flexibility index (Phi) is 8.94. The number of rotatable bonds is 8. The molecule has 0 radical (unpaired) electrons. The highest BCUT2D eigenvalue weighted by molar-refractivity contribution is 6.03. The van der Waals surface area contributed by atoms with Crippen LogP contribution in [0.5, 0.6) is 0 Å². The highest BCUT2D eigenvalue weighted by atomic mass is 16.2. The molecule has 0 spiro atoms. The fourth-order valence-corrected chi connectivity index (χ4v) is 5.15. The van der Waals surface area contributed by atoms with E-state index in [0.717, 1.165) is 48.9 Å². The number of carbonyl (C=O) groups is 2. The van der Waals surface area contributed by atoms with Gasteiger partial charge in [0.05, 0.1) is 12.6 Å². The first-order valence-electron chi connectivity index (χ1n) is 13.1. The van der Waals surface area contributed by atoms with Gasteiger partial charge in [-0.1, -0.05) is 30.9 Å². The first-order valence-corrected chi connectivity index (χ1v) is 13.1. The van der Waals surface area contributed by atoms with E-state index in [-0.39, 0.29) is 23.3 Å². The summed E-state index contributed by atoms with van der Waals surface area (Å²) >= 11 is 0. The minimum absolute atomic E-state index is 0.0956. The first kappa shape index (κ1) is 26.7. The Morgan fingerprint density at radius 2 is 2.11 bits per heavy atom. The van der Waals surface area contributed by atoms with Crippen LogP contribution in [0.1, 0.15) is 78.3 Å². The summed E-state index contributed by atoms with van der Waals surface area (Å²) in [5, 5.41) is 12.0. The molecule has 1 aromatic heterocycles. The molecule has 1 aliphatic heterocycles. The van der Waals surface area contributed by atoms with Gasteiger partial charge in [-0.15, -0.1) is 0 Å². The molecule has 2 aromatic rings.